The van der Waals surface area contributed by atoms with Crippen molar-refractivity contribution in [2.24, 2.45) is 0 Å². The highest BCUT2D eigenvalue weighted by Gasteiger charge is 2.18. The minimum absolute atomic E-state index is 0.143. The first-order chi connectivity index (χ1) is 12.8. The molecular weight excluding hydrogens is 435 g/mol. The van der Waals surface area contributed by atoms with Crippen LogP contribution in [0, 0.1) is 0 Å². The summed E-state index contributed by atoms with van der Waals surface area (Å²) < 4.78 is 5.00. The number of nitrogens with one attached hydrogen (secondary N) is 2. The summed E-state index contributed by atoms with van der Waals surface area (Å²) in [6, 6.07) is 7.59. The molecule has 3 rings (SSSR count). The summed E-state index contributed by atoms with van der Waals surface area (Å²) in [5.41, 5.74) is 1.01. The maximum absolute atomic E-state index is 12.1. The Balaban J connectivity index is 1.61. The third kappa shape index (κ3) is 4.87. The largest absolute Gasteiger partial charge is 0.452 e. The number of amides is 2. The average Bonchev–Trinajstić information content (AvgIpc) is 2.63. The van der Waals surface area contributed by atoms with Crippen LogP contribution in [0.4, 0.5) is 11.4 Å². The lowest BCUT2D eigenvalue weighted by atomic mass is 10.2. The number of hydrogen-bond acceptors (Lipinski definition) is 5. The Bertz CT molecular complexity index is 952. The van der Waals surface area contributed by atoms with E-state index in [0.29, 0.717) is 11.4 Å². The van der Waals surface area contributed by atoms with Gasteiger partial charge in [-0.1, -0.05) is 34.8 Å². The summed E-state index contributed by atoms with van der Waals surface area (Å²) >= 11 is 19.1. The van der Waals surface area contributed by atoms with Crippen molar-refractivity contribution in [2.45, 2.75) is 4.90 Å². The van der Waals surface area contributed by atoms with Crippen molar-refractivity contribution in [2.75, 3.05) is 23.0 Å². The lowest BCUT2D eigenvalue weighted by Crippen LogP contribution is -2.22. The molecule has 0 aliphatic carbocycles. The average molecular weight is 446 g/mol. The predicted molar refractivity (Wildman–Crippen MR) is 106 cm³/mol. The first kappa shape index (κ1) is 19.8. The Hall–Kier alpha value is -1.93. The molecule has 2 aromatic carbocycles. The molecule has 0 radical (unpaired) electrons. The lowest BCUT2D eigenvalue weighted by Gasteiger charge is -2.16. The first-order valence-electron chi connectivity index (χ1n) is 7.51. The highest BCUT2D eigenvalue weighted by atomic mass is 35.5. The number of rotatable bonds is 4. The van der Waals surface area contributed by atoms with Crippen molar-refractivity contribution < 1.29 is 19.1 Å². The molecule has 2 N–H and O–H groups in total. The first-order valence-corrected chi connectivity index (χ1v) is 9.63. The number of thioether (sulfide) groups is 1. The Morgan fingerprint density at radius 2 is 1.85 bits per heavy atom. The van der Waals surface area contributed by atoms with Crippen molar-refractivity contribution in [1.82, 2.24) is 0 Å². The van der Waals surface area contributed by atoms with Gasteiger partial charge >= 0.3 is 5.97 Å². The summed E-state index contributed by atoms with van der Waals surface area (Å²) in [6.07, 6.45) is 0. The van der Waals surface area contributed by atoms with Crippen LogP contribution in [0.2, 0.25) is 15.1 Å². The molecule has 2 aromatic rings. The van der Waals surface area contributed by atoms with Gasteiger partial charge < -0.3 is 15.4 Å². The molecule has 2 amide bonds. The van der Waals surface area contributed by atoms with Crippen LogP contribution in [-0.2, 0) is 14.3 Å². The summed E-state index contributed by atoms with van der Waals surface area (Å²) in [4.78, 5) is 36.4. The standard InChI is InChI=1S/C17H11Cl3N2O4S/c18-9-4-11(20)12(5-10(9)19)21-15(23)6-26-17(25)8-1-2-14-13(3-8)22-16(24)7-27-14/h1-5H,6-7H2,(H,21,23)(H,22,24). The van der Waals surface area contributed by atoms with Crippen molar-refractivity contribution in [3.63, 3.8) is 0 Å². The summed E-state index contributed by atoms with van der Waals surface area (Å²) in [5.74, 6) is -1.10. The molecule has 10 heteroatoms. The number of carbonyl (C=O) groups excluding carboxylic acids is 3. The molecule has 0 saturated carbocycles. The normalized spacial score (nSPS) is 12.8. The van der Waals surface area contributed by atoms with Crippen LogP contribution in [0.5, 0.6) is 0 Å². The topological polar surface area (TPSA) is 84.5 Å². The van der Waals surface area contributed by atoms with E-state index in [1.807, 2.05) is 0 Å². The second kappa shape index (κ2) is 8.39. The number of anilines is 2. The van der Waals surface area contributed by atoms with E-state index in [-0.39, 0.29) is 32.2 Å². The van der Waals surface area contributed by atoms with Gasteiger partial charge in [0.05, 0.1) is 37.8 Å². The van der Waals surface area contributed by atoms with E-state index in [9.17, 15) is 14.4 Å². The molecule has 0 bridgehead atoms. The van der Waals surface area contributed by atoms with Crippen molar-refractivity contribution >= 4 is 75.7 Å². The van der Waals surface area contributed by atoms with Crippen LogP contribution >= 0.6 is 46.6 Å². The van der Waals surface area contributed by atoms with E-state index < -0.39 is 18.5 Å². The summed E-state index contributed by atoms with van der Waals surface area (Å²) in [6.45, 7) is -0.520. The smallest absolute Gasteiger partial charge is 0.338 e. The molecule has 0 saturated heterocycles. The fourth-order valence-corrected chi connectivity index (χ4v) is 3.61. The number of esters is 1. The molecule has 1 heterocycles. The molecule has 0 fully saturated rings. The van der Waals surface area contributed by atoms with Gasteiger partial charge in [0.1, 0.15) is 0 Å². The minimum Gasteiger partial charge on any atom is -0.452 e. The SMILES string of the molecule is O=C(COC(=O)c1ccc2c(c1)NC(=O)CS2)Nc1cc(Cl)c(Cl)cc1Cl. The number of benzene rings is 2. The molecule has 1 aliphatic heterocycles. The maximum Gasteiger partial charge on any atom is 0.338 e. The number of carbonyl (C=O) groups is 3. The van der Waals surface area contributed by atoms with E-state index in [2.05, 4.69) is 10.6 Å². The Morgan fingerprint density at radius 1 is 1.11 bits per heavy atom. The molecule has 0 unspecified atom stereocenters. The summed E-state index contributed by atoms with van der Waals surface area (Å²) in [7, 11) is 0. The van der Waals surface area contributed by atoms with Gasteiger partial charge in [-0.15, -0.1) is 11.8 Å². The number of ether oxygens (including phenoxy) is 1. The van der Waals surface area contributed by atoms with Gasteiger partial charge in [0.2, 0.25) is 5.91 Å². The zero-order valence-corrected chi connectivity index (χ0v) is 16.6. The quantitative estimate of drug-likeness (QED) is 0.535. The maximum atomic E-state index is 12.1. The Morgan fingerprint density at radius 3 is 2.63 bits per heavy atom. The van der Waals surface area contributed by atoms with Crippen LogP contribution < -0.4 is 10.6 Å². The highest BCUT2D eigenvalue weighted by Crippen LogP contribution is 2.33. The minimum atomic E-state index is -0.696. The molecule has 0 atom stereocenters. The predicted octanol–water partition coefficient (Wildman–Crippen LogP) is 4.49. The van der Waals surface area contributed by atoms with E-state index in [1.54, 1.807) is 12.1 Å². The van der Waals surface area contributed by atoms with Gasteiger partial charge in [0, 0.05) is 4.90 Å². The molecule has 6 nitrogen and oxygen atoms in total. The highest BCUT2D eigenvalue weighted by molar-refractivity contribution is 8.00. The number of fused-ring (bicyclic) bond motifs is 1. The van der Waals surface area contributed by atoms with Gasteiger partial charge in [-0.25, -0.2) is 4.79 Å². The monoisotopic (exact) mass is 444 g/mol. The molecule has 0 spiro atoms. The Labute approximate surface area is 173 Å². The van der Waals surface area contributed by atoms with Gasteiger partial charge in [-0.05, 0) is 30.3 Å². The number of halogens is 3. The molecule has 140 valence electrons. The van der Waals surface area contributed by atoms with Crippen molar-refractivity contribution in [3.05, 3.63) is 51.0 Å². The van der Waals surface area contributed by atoms with Crippen molar-refractivity contribution in [1.29, 1.82) is 0 Å². The fourth-order valence-electron chi connectivity index (χ4n) is 2.23. The van der Waals surface area contributed by atoms with E-state index in [1.165, 1.54) is 30.0 Å². The summed E-state index contributed by atoms with van der Waals surface area (Å²) in [5, 5.41) is 5.85. The lowest BCUT2D eigenvalue weighted by molar-refractivity contribution is -0.119. The van der Waals surface area contributed by atoms with E-state index in [4.69, 9.17) is 39.5 Å². The van der Waals surface area contributed by atoms with Crippen LogP contribution in [0.3, 0.4) is 0 Å². The van der Waals surface area contributed by atoms with E-state index >= 15 is 0 Å². The number of hydrogen-bond donors (Lipinski definition) is 2. The third-order valence-corrected chi connectivity index (χ3v) is 5.57. The van der Waals surface area contributed by atoms with Gasteiger partial charge in [0.25, 0.3) is 5.91 Å². The zero-order chi connectivity index (χ0) is 19.6. The zero-order valence-electron chi connectivity index (χ0n) is 13.5. The van der Waals surface area contributed by atoms with Crippen LogP contribution in [-0.4, -0.2) is 30.1 Å². The van der Waals surface area contributed by atoms with Gasteiger partial charge in [-0.3, -0.25) is 9.59 Å². The molecule has 27 heavy (non-hydrogen) atoms. The van der Waals surface area contributed by atoms with Crippen LogP contribution in [0.25, 0.3) is 0 Å². The van der Waals surface area contributed by atoms with Crippen molar-refractivity contribution in [3.8, 4) is 0 Å². The molecule has 1 aliphatic rings. The van der Waals surface area contributed by atoms with E-state index in [0.717, 1.165) is 4.90 Å². The second-order valence-corrected chi connectivity index (χ2v) is 7.66. The Kier molecular flexibility index (Phi) is 6.16. The molecule has 0 aromatic heterocycles. The third-order valence-electron chi connectivity index (χ3n) is 3.47. The molecular formula is C17H11Cl3N2O4S. The van der Waals surface area contributed by atoms with Crippen LogP contribution in [0.15, 0.2) is 35.2 Å². The van der Waals surface area contributed by atoms with Gasteiger partial charge in [-0.2, -0.15) is 0 Å². The fraction of sp³-hybridized carbons (Fsp3) is 0.118. The van der Waals surface area contributed by atoms with Gasteiger partial charge in [0.15, 0.2) is 6.61 Å². The van der Waals surface area contributed by atoms with Crippen LogP contribution in [0.1, 0.15) is 10.4 Å². The second-order valence-electron chi connectivity index (χ2n) is 5.42.